The molecular weight excluding hydrogens is 2000 g/mol. The maximum Gasteiger partial charge on any atom is 0.402 e. The number of carbonyl (C=O) groups is 6. The Bertz CT molecular complexity index is 5560. The van der Waals surface area contributed by atoms with Crippen LogP contribution < -0.4 is 33.2 Å². The van der Waals surface area contributed by atoms with Crippen molar-refractivity contribution in [1.29, 1.82) is 0 Å². The smallest absolute Gasteiger partial charge is 0.402 e. The van der Waals surface area contributed by atoms with E-state index < -0.39 is 355 Å². The molecule has 808 valence electrons. The van der Waals surface area contributed by atoms with Crippen LogP contribution in [0.25, 0.3) is 46.6 Å². The van der Waals surface area contributed by atoms with E-state index in [2.05, 4.69) is 0 Å². The number of carbonyl (C=O) groups excluding carboxylic acids is 5. The Morgan fingerprint density at radius 2 is 0.537 bits per heavy atom. The lowest BCUT2D eigenvalue weighted by atomic mass is 9.99. The third-order valence-corrected chi connectivity index (χ3v) is 24.3. The number of phenolic OH excluding ortho intramolecular Hbond substituents is 3. The lowest BCUT2D eigenvalue weighted by molar-refractivity contribution is -0.279. The van der Waals surface area contributed by atoms with Crippen molar-refractivity contribution < 1.29 is 261 Å². The Balaban J connectivity index is 0.622. The summed E-state index contributed by atoms with van der Waals surface area (Å²) in [5.41, 5.74) is 0.499. The van der Waals surface area contributed by atoms with Crippen molar-refractivity contribution in [3.63, 3.8) is 0 Å². The second-order valence-electron chi connectivity index (χ2n) is 34.8. The molecule has 0 saturated carbocycles. The average molecular weight is 2110 g/mol. The number of aliphatic hydroxyl groups excluding tert-OH is 23. The van der Waals surface area contributed by atoms with Crippen LogP contribution in [0.4, 0.5) is 0 Å². The van der Waals surface area contributed by atoms with Crippen LogP contribution in [0.2, 0.25) is 0 Å². The van der Waals surface area contributed by atoms with Gasteiger partial charge in [-0.15, -0.1) is 0 Å². The predicted octanol–water partition coefficient (Wildman–Crippen LogP) is -7.17. The number of esters is 5. The number of ether oxygens (including phenoxy) is 19. The second kappa shape index (κ2) is 49.8. The number of carboxylic acids is 1. The topological polar surface area (TPSA) is 835 Å². The van der Waals surface area contributed by atoms with Crippen LogP contribution >= 0.6 is 0 Å². The standard InChI is InChI=1S/C96H106O53/c97-31-54-68(109)75(116)82(123)90(143-54)135-44-13-1-38(2-14-44)9-21-62(103)130-33-56-70(111)77(118)84(125)92(145-56)137-46-17-5-40(6-18-46)11-23-64(105)132-35-58-72(113)79(120)86(127)94(147-58)140-51-25-42(89-53(29-48-49(100)27-43(99)28-50(48)139-89)142-96-88(129)81(122)74(115)60(149-96)37-134-66(107)30-61(101)102)26-52(67(51)108)141-95-87(128)80(121)73(114)59(148-95)36-133-65(106)24-12-41-7-19-47(20-8-41)138-93-85(126)78(119)71(112)57(146-93)34-131-63(104)22-10-39-3-15-45(16-4-39)136-91-83(124)76(117)69(110)55(32-98)144-91/h1-29,54-60,68-88,90-98,109-129H,30-37H2,(H3-,99,100,101,102,108)/p+1. The van der Waals surface area contributed by atoms with Crippen LogP contribution in [0, 0.1) is 0 Å². The van der Waals surface area contributed by atoms with Crippen molar-refractivity contribution in [3.05, 3.63) is 174 Å². The monoisotopic (exact) mass is 2110 g/mol. The SMILES string of the molecule is O=C(O)CC(=O)OCC1OC(Oc2cc3c(O)cc(O)cc3[o+]c2-c2cc(OC3OC(COC(=O)C=Cc4ccc(OC5OC(COC(=O)C=Cc6ccc(OC7OC(CO)C(O)C(O)C7O)cc6)C(O)C(O)C5O)cc4)C(O)C(O)C3O)c(O)c(OC3OC(COC(=O)C=Cc4ccc(OC5OC(COC(=O)C=Cc6ccc(OC7OC(CO)C(O)C(O)C7O)cc6)C(O)C(O)C5O)cc4)C(O)C(O)C3O)c2)C(O)C(O)C1O. The molecule has 53 nitrogen and oxygen atoms in total. The molecule has 0 spiro atoms. The fourth-order valence-electron chi connectivity index (χ4n) is 15.9. The van der Waals surface area contributed by atoms with Gasteiger partial charge in [-0.2, -0.15) is 0 Å². The molecule has 7 aliphatic rings. The van der Waals surface area contributed by atoms with Crippen LogP contribution in [-0.4, -0.2) is 435 Å². The number of rotatable bonds is 37. The molecule has 149 heavy (non-hydrogen) atoms. The molecule has 8 heterocycles. The maximum atomic E-state index is 13.4. The highest BCUT2D eigenvalue weighted by Crippen LogP contribution is 2.48. The summed E-state index contributed by atoms with van der Waals surface area (Å²) in [7, 11) is 0. The summed E-state index contributed by atoms with van der Waals surface area (Å²) < 4.78 is 113. The zero-order chi connectivity index (χ0) is 107. The van der Waals surface area contributed by atoms with E-state index in [1.54, 1.807) is 0 Å². The quantitative estimate of drug-likeness (QED) is 0.00566. The van der Waals surface area contributed by atoms with Crippen molar-refractivity contribution >= 4 is 71.1 Å². The summed E-state index contributed by atoms with van der Waals surface area (Å²) in [5, 5.41) is 290. The highest BCUT2D eigenvalue weighted by molar-refractivity contribution is 5.92. The van der Waals surface area contributed by atoms with Gasteiger partial charge in [-0.25, -0.2) is 23.6 Å². The molecule has 35 unspecified atom stereocenters. The average Bonchev–Trinajstić information content (AvgIpc) is 0.761. The third-order valence-electron chi connectivity index (χ3n) is 24.3. The van der Waals surface area contributed by atoms with Gasteiger partial charge in [-0.1, -0.05) is 48.5 Å². The van der Waals surface area contributed by atoms with E-state index in [4.69, 9.17) is 99.5 Å². The number of hydrogen-bond acceptors (Lipinski definition) is 51. The number of aliphatic hydroxyl groups is 23. The fourth-order valence-corrected chi connectivity index (χ4v) is 15.9. The molecule has 53 heteroatoms. The Hall–Kier alpha value is -12.7. The second-order valence-corrected chi connectivity index (χ2v) is 34.8. The van der Waals surface area contributed by atoms with Crippen LogP contribution in [0.3, 0.4) is 0 Å². The van der Waals surface area contributed by atoms with Gasteiger partial charge >= 0.3 is 47.2 Å². The molecule has 27 N–H and O–H groups in total. The first-order valence-corrected chi connectivity index (χ1v) is 45.6. The summed E-state index contributed by atoms with van der Waals surface area (Å²) in [6.07, 6.45) is -57.2. The molecule has 6 aromatic carbocycles. The van der Waals surface area contributed by atoms with Gasteiger partial charge in [-0.3, -0.25) is 9.59 Å². The minimum absolute atomic E-state index is 0.00906. The van der Waals surface area contributed by atoms with Gasteiger partial charge < -0.3 is 228 Å². The van der Waals surface area contributed by atoms with Crippen molar-refractivity contribution in [2.24, 2.45) is 0 Å². The lowest BCUT2D eigenvalue weighted by Gasteiger charge is -2.40. The molecule has 7 fully saturated rings. The van der Waals surface area contributed by atoms with Gasteiger partial charge in [0.2, 0.25) is 55.5 Å². The fraction of sp³-hybridized carbons (Fsp3) is 0.448. The number of hydrogen-bond donors (Lipinski definition) is 27. The molecule has 7 aliphatic heterocycles. The summed E-state index contributed by atoms with van der Waals surface area (Å²) >= 11 is 0. The molecular formula is C96H107O53+. The van der Waals surface area contributed by atoms with Crippen LogP contribution in [-0.2, 0) is 85.6 Å². The first-order chi connectivity index (χ1) is 71.0. The van der Waals surface area contributed by atoms with E-state index in [0.717, 1.165) is 54.6 Å². The van der Waals surface area contributed by atoms with Crippen LogP contribution in [0.15, 0.2) is 156 Å². The van der Waals surface area contributed by atoms with Crippen molar-refractivity contribution in [2.45, 2.75) is 221 Å². The first kappa shape index (κ1) is 112. The molecule has 0 amide bonds. The normalized spacial score (nSPS) is 33.3. The molecule has 7 saturated heterocycles. The van der Waals surface area contributed by atoms with E-state index in [9.17, 15) is 162 Å². The van der Waals surface area contributed by atoms with Gasteiger partial charge in [0.05, 0.1) is 24.8 Å². The maximum absolute atomic E-state index is 13.4. The van der Waals surface area contributed by atoms with Crippen molar-refractivity contribution in [2.75, 3.05) is 46.2 Å². The van der Waals surface area contributed by atoms with Crippen LogP contribution in [0.5, 0.6) is 57.5 Å². The summed E-state index contributed by atoms with van der Waals surface area (Å²) in [6.45, 7) is -5.56. The molecule has 0 aliphatic carbocycles. The summed E-state index contributed by atoms with van der Waals surface area (Å²) in [4.78, 5) is 76.0. The van der Waals surface area contributed by atoms with E-state index in [1.165, 1.54) is 121 Å². The summed E-state index contributed by atoms with van der Waals surface area (Å²) in [5.74, 6) is -12.6. The highest BCUT2D eigenvalue weighted by Gasteiger charge is 2.54. The zero-order valence-corrected chi connectivity index (χ0v) is 77.3. The Morgan fingerprint density at radius 1 is 0.289 bits per heavy atom. The van der Waals surface area contributed by atoms with E-state index in [1.807, 2.05) is 0 Å². The Kier molecular flexibility index (Phi) is 37.4. The molecule has 35 atom stereocenters. The zero-order valence-electron chi connectivity index (χ0n) is 77.3. The minimum Gasteiger partial charge on any atom is -0.507 e. The van der Waals surface area contributed by atoms with Gasteiger partial charge in [0, 0.05) is 48.6 Å². The molecule has 0 bridgehead atoms. The van der Waals surface area contributed by atoms with Gasteiger partial charge in [0.15, 0.2) is 11.5 Å². The van der Waals surface area contributed by atoms with Gasteiger partial charge in [0.25, 0.3) is 0 Å². The van der Waals surface area contributed by atoms with Gasteiger partial charge in [-0.05, 0) is 95.1 Å². The largest absolute Gasteiger partial charge is 0.507 e. The predicted molar refractivity (Wildman–Crippen MR) is 485 cm³/mol. The highest BCUT2D eigenvalue weighted by atomic mass is 16.8. The number of carboxylic acid groups (broad SMARTS) is 1. The molecule has 14 rings (SSSR count). The molecule has 1 aromatic heterocycles. The van der Waals surface area contributed by atoms with Crippen molar-refractivity contribution in [1.82, 2.24) is 0 Å². The summed E-state index contributed by atoms with van der Waals surface area (Å²) in [6, 6.07) is 27.0. The molecule has 0 radical (unpaired) electrons. The van der Waals surface area contributed by atoms with E-state index in [-0.39, 0.29) is 39.5 Å². The number of aliphatic carboxylic acids is 1. The Labute approximate surface area is 839 Å². The third kappa shape index (κ3) is 27.4. The van der Waals surface area contributed by atoms with E-state index >= 15 is 0 Å². The number of aromatic hydroxyl groups is 3. The van der Waals surface area contributed by atoms with Crippen LogP contribution in [0.1, 0.15) is 28.7 Å². The molecule has 7 aromatic rings. The lowest BCUT2D eigenvalue weighted by Crippen LogP contribution is -2.60. The Morgan fingerprint density at radius 3 is 0.805 bits per heavy atom. The number of fused-ring (bicyclic) bond motifs is 1. The van der Waals surface area contributed by atoms with E-state index in [0.29, 0.717) is 11.1 Å². The minimum atomic E-state index is -2.33. The number of benzene rings is 6. The number of phenols is 3. The van der Waals surface area contributed by atoms with Crippen molar-refractivity contribution in [3.8, 4) is 68.8 Å². The first-order valence-electron chi connectivity index (χ1n) is 45.6. The van der Waals surface area contributed by atoms with Gasteiger partial charge in [0.1, 0.15) is 250 Å².